The second-order valence-corrected chi connectivity index (χ2v) is 5.68. The molecule has 1 atom stereocenters. The number of carbonyl (C=O) groups excluding carboxylic acids is 1. The lowest BCUT2D eigenvalue weighted by Gasteiger charge is -2.43. The van der Waals surface area contributed by atoms with Crippen molar-refractivity contribution in [1.82, 2.24) is 4.90 Å². The lowest BCUT2D eigenvalue weighted by atomic mass is 9.74. The molecule has 0 spiro atoms. The van der Waals surface area contributed by atoms with Gasteiger partial charge in [-0.3, -0.25) is 9.69 Å². The Hall–Kier alpha value is -0.370. The van der Waals surface area contributed by atoms with Gasteiger partial charge in [0.05, 0.1) is 0 Å². The molecule has 1 unspecified atom stereocenters. The van der Waals surface area contributed by atoms with Gasteiger partial charge in [0.15, 0.2) is 0 Å². The van der Waals surface area contributed by atoms with E-state index in [1.54, 1.807) is 0 Å². The van der Waals surface area contributed by atoms with Crippen molar-refractivity contribution in [3.63, 3.8) is 0 Å². The van der Waals surface area contributed by atoms with Crippen molar-refractivity contribution in [2.75, 3.05) is 13.1 Å². The molecular weight excluding hydrogens is 198 g/mol. The van der Waals surface area contributed by atoms with E-state index >= 15 is 0 Å². The molecule has 0 radical (unpaired) electrons. The van der Waals surface area contributed by atoms with Crippen molar-refractivity contribution in [3.8, 4) is 0 Å². The fourth-order valence-electron chi connectivity index (χ4n) is 3.43. The first-order valence-electron chi connectivity index (χ1n) is 6.95. The van der Waals surface area contributed by atoms with E-state index in [2.05, 4.69) is 18.7 Å². The Morgan fingerprint density at radius 1 is 1.25 bits per heavy atom. The quantitative estimate of drug-likeness (QED) is 0.733. The number of nitrogens with zero attached hydrogens (tertiary/aromatic N) is 1. The van der Waals surface area contributed by atoms with Crippen molar-refractivity contribution in [2.24, 2.45) is 5.41 Å². The van der Waals surface area contributed by atoms with Crippen LogP contribution in [-0.4, -0.2) is 29.8 Å². The average Bonchev–Trinajstić information content (AvgIpc) is 2.76. The molecule has 0 aromatic rings. The van der Waals surface area contributed by atoms with E-state index in [0.29, 0.717) is 17.2 Å². The van der Waals surface area contributed by atoms with Crippen molar-refractivity contribution < 1.29 is 4.79 Å². The van der Waals surface area contributed by atoms with Crippen LogP contribution in [0.15, 0.2) is 0 Å². The van der Waals surface area contributed by atoms with Crippen LogP contribution in [0.25, 0.3) is 0 Å². The van der Waals surface area contributed by atoms with Gasteiger partial charge >= 0.3 is 0 Å². The summed E-state index contributed by atoms with van der Waals surface area (Å²) in [7, 11) is 0. The van der Waals surface area contributed by atoms with Gasteiger partial charge in [-0.05, 0) is 37.8 Å². The summed E-state index contributed by atoms with van der Waals surface area (Å²) in [6, 6.07) is 0.583. The number of Topliss-reactive ketones (excluding diaryl/α,β-unsaturated/α-hetero) is 1. The second-order valence-electron chi connectivity index (χ2n) is 5.68. The first-order valence-corrected chi connectivity index (χ1v) is 6.95. The molecule has 0 N–H and O–H groups in total. The van der Waals surface area contributed by atoms with Gasteiger partial charge in [0, 0.05) is 18.9 Å². The maximum Gasteiger partial charge on any atom is 0.134 e. The number of rotatable bonds is 3. The summed E-state index contributed by atoms with van der Waals surface area (Å²) in [6.45, 7) is 7.11. The van der Waals surface area contributed by atoms with Gasteiger partial charge in [-0.15, -0.1) is 0 Å². The third-order valence-electron chi connectivity index (χ3n) is 5.09. The van der Waals surface area contributed by atoms with Gasteiger partial charge < -0.3 is 0 Å². The van der Waals surface area contributed by atoms with Crippen LogP contribution in [0.1, 0.15) is 58.8 Å². The minimum atomic E-state index is 0.479. The molecule has 92 valence electrons. The number of piperidine rings is 1. The molecule has 1 saturated carbocycles. The molecule has 1 saturated heterocycles. The first kappa shape index (κ1) is 12.1. The zero-order valence-corrected chi connectivity index (χ0v) is 10.8. The summed E-state index contributed by atoms with van der Waals surface area (Å²) in [6.07, 6.45) is 8.08. The van der Waals surface area contributed by atoms with Crippen LogP contribution in [0, 0.1) is 5.41 Å². The molecule has 2 heteroatoms. The normalized spacial score (nSPS) is 30.9. The molecule has 1 aliphatic heterocycles. The third-order valence-corrected chi connectivity index (χ3v) is 5.09. The highest BCUT2D eigenvalue weighted by Gasteiger charge is 2.35. The maximum atomic E-state index is 11.3. The number of likely N-dealkylation sites (tertiary alicyclic amines) is 1. The summed E-state index contributed by atoms with van der Waals surface area (Å²) in [4.78, 5) is 13.9. The lowest BCUT2D eigenvalue weighted by Crippen LogP contribution is -2.44. The summed E-state index contributed by atoms with van der Waals surface area (Å²) in [5.41, 5.74) is 0.610. The number of carbonyl (C=O) groups is 1. The highest BCUT2D eigenvalue weighted by Crippen LogP contribution is 2.39. The fraction of sp³-hybridized carbons (Fsp3) is 0.929. The highest BCUT2D eigenvalue weighted by atomic mass is 16.1. The Balaban J connectivity index is 1.87. The van der Waals surface area contributed by atoms with Gasteiger partial charge in [-0.1, -0.05) is 26.7 Å². The van der Waals surface area contributed by atoms with E-state index in [1.807, 2.05) is 0 Å². The fourth-order valence-corrected chi connectivity index (χ4v) is 3.43. The van der Waals surface area contributed by atoms with E-state index in [4.69, 9.17) is 0 Å². The number of ketones is 1. The van der Waals surface area contributed by atoms with E-state index in [1.165, 1.54) is 38.8 Å². The standard InChI is InChI=1S/C14H25NO/c1-3-14(4-2)7-9-15(10-8-14)12-5-6-13(16)11-12/h12H,3-11H2,1-2H3. The molecule has 1 aliphatic carbocycles. The maximum absolute atomic E-state index is 11.3. The monoisotopic (exact) mass is 223 g/mol. The molecule has 2 fully saturated rings. The van der Waals surface area contributed by atoms with Crippen LogP contribution < -0.4 is 0 Å². The molecule has 2 aliphatic rings. The molecule has 2 nitrogen and oxygen atoms in total. The Bertz CT molecular complexity index is 247. The topological polar surface area (TPSA) is 20.3 Å². The zero-order chi connectivity index (χ0) is 11.6. The van der Waals surface area contributed by atoms with E-state index in [9.17, 15) is 4.79 Å². The molecule has 2 rings (SSSR count). The van der Waals surface area contributed by atoms with Crippen LogP contribution in [-0.2, 0) is 4.79 Å². The summed E-state index contributed by atoms with van der Waals surface area (Å²) >= 11 is 0. The van der Waals surface area contributed by atoms with Gasteiger partial charge in [-0.2, -0.15) is 0 Å². The predicted molar refractivity (Wildman–Crippen MR) is 66.5 cm³/mol. The van der Waals surface area contributed by atoms with E-state index in [-0.39, 0.29) is 0 Å². The first-order chi connectivity index (χ1) is 7.69. The van der Waals surface area contributed by atoms with Crippen molar-refractivity contribution in [1.29, 1.82) is 0 Å². The van der Waals surface area contributed by atoms with Crippen molar-refractivity contribution in [2.45, 2.75) is 64.8 Å². The van der Waals surface area contributed by atoms with E-state index in [0.717, 1.165) is 19.3 Å². The van der Waals surface area contributed by atoms with Crippen LogP contribution in [0.4, 0.5) is 0 Å². The SMILES string of the molecule is CCC1(CC)CCN(C2CCC(=O)C2)CC1. The molecular formula is C14H25NO. The summed E-state index contributed by atoms with van der Waals surface area (Å²) < 4.78 is 0. The summed E-state index contributed by atoms with van der Waals surface area (Å²) in [5.74, 6) is 0.479. The second kappa shape index (κ2) is 4.87. The zero-order valence-electron chi connectivity index (χ0n) is 10.8. The minimum Gasteiger partial charge on any atom is -0.300 e. The van der Waals surface area contributed by atoms with Crippen LogP contribution in [0.3, 0.4) is 0 Å². The minimum absolute atomic E-state index is 0.479. The molecule has 1 heterocycles. The van der Waals surface area contributed by atoms with Gasteiger partial charge in [0.2, 0.25) is 0 Å². The number of hydrogen-bond donors (Lipinski definition) is 0. The molecule has 0 amide bonds. The van der Waals surface area contributed by atoms with Crippen molar-refractivity contribution >= 4 is 5.78 Å². The molecule has 0 bridgehead atoms. The molecule has 0 aromatic carbocycles. The Kier molecular flexibility index (Phi) is 3.68. The van der Waals surface area contributed by atoms with Crippen molar-refractivity contribution in [3.05, 3.63) is 0 Å². The molecule has 0 aromatic heterocycles. The Morgan fingerprint density at radius 2 is 1.88 bits per heavy atom. The Labute approximate surface area is 99.4 Å². The van der Waals surface area contributed by atoms with Crippen LogP contribution in [0.2, 0.25) is 0 Å². The predicted octanol–water partition coefficient (Wildman–Crippen LogP) is 3.01. The average molecular weight is 223 g/mol. The van der Waals surface area contributed by atoms with E-state index < -0.39 is 0 Å². The third kappa shape index (κ3) is 2.32. The lowest BCUT2D eigenvalue weighted by molar-refractivity contribution is -0.117. The van der Waals surface area contributed by atoms with Gasteiger partial charge in [0.25, 0.3) is 0 Å². The largest absolute Gasteiger partial charge is 0.300 e. The smallest absolute Gasteiger partial charge is 0.134 e. The summed E-state index contributed by atoms with van der Waals surface area (Å²) in [5, 5.41) is 0. The van der Waals surface area contributed by atoms with Gasteiger partial charge in [0.1, 0.15) is 5.78 Å². The highest BCUT2D eigenvalue weighted by molar-refractivity contribution is 5.81. The molecule has 16 heavy (non-hydrogen) atoms. The van der Waals surface area contributed by atoms with Gasteiger partial charge in [-0.25, -0.2) is 0 Å². The number of hydrogen-bond acceptors (Lipinski definition) is 2. The van der Waals surface area contributed by atoms with Crippen LogP contribution >= 0.6 is 0 Å². The van der Waals surface area contributed by atoms with Crippen LogP contribution in [0.5, 0.6) is 0 Å². The Morgan fingerprint density at radius 3 is 2.31 bits per heavy atom.